The molecule has 1 atom stereocenters. The lowest BCUT2D eigenvalue weighted by atomic mass is 10.0. The Kier molecular flexibility index (Phi) is 7.55. The van der Waals surface area contributed by atoms with Gasteiger partial charge >= 0.3 is 0 Å². The summed E-state index contributed by atoms with van der Waals surface area (Å²) in [6.45, 7) is 0. The molecule has 0 fully saturated rings. The lowest BCUT2D eigenvalue weighted by molar-refractivity contribution is 0.302. The zero-order chi connectivity index (χ0) is 28.0. The Labute approximate surface area is 241 Å². The van der Waals surface area contributed by atoms with Crippen molar-refractivity contribution in [3.8, 4) is 16.9 Å². The molecule has 0 saturated carbocycles. The molecule has 1 aliphatic carbocycles. The van der Waals surface area contributed by atoms with Crippen molar-refractivity contribution < 1.29 is 9.84 Å². The molecule has 202 valence electrons. The van der Waals surface area contributed by atoms with E-state index in [9.17, 15) is 5.11 Å². The summed E-state index contributed by atoms with van der Waals surface area (Å²) in [4.78, 5) is 4.51. The van der Waals surface area contributed by atoms with Gasteiger partial charge in [-0.1, -0.05) is 72.8 Å². The molecule has 4 nitrogen and oxygen atoms in total. The smallest absolute Gasteiger partial charge is 0.117 e. The topological polar surface area (TPSA) is 35.9 Å². The molecule has 6 rings (SSSR count). The van der Waals surface area contributed by atoms with Crippen molar-refractivity contribution in [2.45, 2.75) is 12.5 Å². The minimum absolute atomic E-state index is 0.156. The Bertz CT molecular complexity index is 1640. The molecule has 0 heterocycles. The number of nitrogens with zero attached hydrogens (tertiary/aromatic N) is 2. The highest BCUT2D eigenvalue weighted by Gasteiger charge is 2.21. The number of para-hydroxylation sites is 2. The lowest BCUT2D eigenvalue weighted by Gasteiger charge is -2.33. The second-order valence-electron chi connectivity index (χ2n) is 9.97. The van der Waals surface area contributed by atoms with E-state index in [0.29, 0.717) is 0 Å². The fraction of sp³-hybridized carbons (Fsp3) is 0.0811. The average molecular weight is 537 g/mol. The number of phenolic OH excluding ortho intramolecular Hbond substituents is 1. The predicted octanol–water partition coefficient (Wildman–Crippen LogP) is 9.53. The molecular formula is C37H32N2O2. The van der Waals surface area contributed by atoms with E-state index in [4.69, 9.17) is 4.74 Å². The highest BCUT2D eigenvalue weighted by molar-refractivity contribution is 5.79. The van der Waals surface area contributed by atoms with E-state index in [2.05, 4.69) is 107 Å². The van der Waals surface area contributed by atoms with Crippen molar-refractivity contribution >= 4 is 28.4 Å². The number of hydrogen-bond acceptors (Lipinski definition) is 4. The van der Waals surface area contributed by atoms with Crippen LogP contribution >= 0.6 is 0 Å². The van der Waals surface area contributed by atoms with Crippen LogP contribution in [-0.4, -0.2) is 18.3 Å². The van der Waals surface area contributed by atoms with Gasteiger partial charge in [0.05, 0.1) is 13.2 Å². The summed E-state index contributed by atoms with van der Waals surface area (Å²) in [6.07, 6.45) is 7.30. The van der Waals surface area contributed by atoms with Gasteiger partial charge in [0.2, 0.25) is 0 Å². The van der Waals surface area contributed by atoms with Gasteiger partial charge in [-0.05, 0) is 90.4 Å². The number of ether oxygens (including phenoxy) is 1. The van der Waals surface area contributed by atoms with Crippen LogP contribution in [0.25, 0.3) is 11.1 Å². The normalized spacial score (nSPS) is 14.3. The largest absolute Gasteiger partial charge is 0.508 e. The van der Waals surface area contributed by atoms with E-state index in [-0.39, 0.29) is 11.8 Å². The van der Waals surface area contributed by atoms with E-state index in [1.165, 1.54) is 0 Å². The van der Waals surface area contributed by atoms with Crippen molar-refractivity contribution in [2.24, 2.45) is 0 Å². The van der Waals surface area contributed by atoms with Gasteiger partial charge in [0.1, 0.15) is 11.5 Å². The summed E-state index contributed by atoms with van der Waals surface area (Å²) < 4.78 is 5.54. The minimum Gasteiger partial charge on any atom is -0.508 e. The molecule has 0 radical (unpaired) electrons. The van der Waals surface area contributed by atoms with E-state index < -0.39 is 0 Å². The Morgan fingerprint density at radius 2 is 1.15 bits per heavy atom. The van der Waals surface area contributed by atoms with Crippen LogP contribution in [0.5, 0.6) is 5.75 Å². The van der Waals surface area contributed by atoms with Gasteiger partial charge in [-0.25, -0.2) is 0 Å². The third-order valence-electron chi connectivity index (χ3n) is 7.32. The zero-order valence-corrected chi connectivity index (χ0v) is 23.0. The summed E-state index contributed by atoms with van der Waals surface area (Å²) >= 11 is 0. The fourth-order valence-corrected chi connectivity index (χ4v) is 5.35. The third-order valence-corrected chi connectivity index (χ3v) is 7.32. The monoisotopic (exact) mass is 536 g/mol. The highest BCUT2D eigenvalue weighted by atomic mass is 16.5. The molecule has 5 aromatic carbocycles. The number of anilines is 5. The molecule has 1 N–H and O–H groups in total. The van der Waals surface area contributed by atoms with Gasteiger partial charge < -0.3 is 19.6 Å². The third kappa shape index (κ3) is 5.73. The molecule has 41 heavy (non-hydrogen) atoms. The zero-order valence-electron chi connectivity index (χ0n) is 23.0. The quantitative estimate of drug-likeness (QED) is 0.214. The van der Waals surface area contributed by atoms with E-state index in [1.807, 2.05) is 42.5 Å². The van der Waals surface area contributed by atoms with Crippen LogP contribution in [-0.2, 0) is 4.74 Å². The van der Waals surface area contributed by atoms with E-state index in [1.54, 1.807) is 19.2 Å². The van der Waals surface area contributed by atoms with E-state index in [0.717, 1.165) is 51.7 Å². The maximum atomic E-state index is 10.1. The lowest BCUT2D eigenvalue weighted by Crippen LogP contribution is -2.30. The Morgan fingerprint density at radius 3 is 1.76 bits per heavy atom. The number of aromatic hydroxyl groups is 1. The SMILES string of the molecule is COC1=CC(N(c2ccccc2)c2ccc(-c3ccc(N(c4ccccc4)c4cccc(O)c4)cc3)cc2)CC=C1. The predicted molar refractivity (Wildman–Crippen MR) is 169 cm³/mol. The molecule has 1 unspecified atom stereocenters. The van der Waals surface area contributed by atoms with Gasteiger partial charge in [-0.15, -0.1) is 0 Å². The number of rotatable bonds is 8. The van der Waals surface area contributed by atoms with Crippen LogP contribution in [0.4, 0.5) is 28.4 Å². The van der Waals surface area contributed by atoms with Gasteiger partial charge in [0.15, 0.2) is 0 Å². The van der Waals surface area contributed by atoms with Gasteiger partial charge in [0, 0.05) is 34.5 Å². The first kappa shape index (κ1) is 26.0. The minimum atomic E-state index is 0.156. The summed E-state index contributed by atoms with van der Waals surface area (Å²) in [6, 6.07) is 45.5. The number of benzene rings is 5. The number of hydrogen-bond donors (Lipinski definition) is 1. The first-order chi connectivity index (χ1) is 20.2. The Balaban J connectivity index is 1.30. The Morgan fingerprint density at radius 1 is 0.610 bits per heavy atom. The molecule has 0 amide bonds. The van der Waals surface area contributed by atoms with Crippen molar-refractivity contribution in [3.63, 3.8) is 0 Å². The molecule has 0 spiro atoms. The second kappa shape index (κ2) is 11.9. The van der Waals surface area contributed by atoms with Gasteiger partial charge in [-0.3, -0.25) is 0 Å². The van der Waals surface area contributed by atoms with Gasteiger partial charge in [-0.2, -0.15) is 0 Å². The van der Waals surface area contributed by atoms with Crippen molar-refractivity contribution in [1.82, 2.24) is 0 Å². The highest BCUT2D eigenvalue weighted by Crippen LogP contribution is 2.37. The Hall–Kier alpha value is -5.22. The first-order valence-corrected chi connectivity index (χ1v) is 13.8. The van der Waals surface area contributed by atoms with Crippen LogP contribution in [0.2, 0.25) is 0 Å². The summed E-state index contributed by atoms with van der Waals surface area (Å²) in [5.74, 6) is 1.12. The molecule has 0 bridgehead atoms. The maximum Gasteiger partial charge on any atom is 0.117 e. The van der Waals surface area contributed by atoms with Crippen LogP contribution in [0, 0.1) is 0 Å². The molecular weight excluding hydrogens is 504 g/mol. The maximum absolute atomic E-state index is 10.1. The standard InChI is InChI=1S/C37H32N2O2/c1-41-37-17-9-15-35(27-37)39(31-12-6-3-7-13-31)33-24-20-29(21-25-33)28-18-22-32(23-19-28)38(30-10-4-2-5-11-30)34-14-8-16-36(40)26-34/h2-14,16-27,35,40H,15H2,1H3. The molecule has 0 aliphatic heterocycles. The van der Waals surface area contributed by atoms with Crippen molar-refractivity contribution in [2.75, 3.05) is 16.9 Å². The molecule has 0 saturated heterocycles. The van der Waals surface area contributed by atoms with Crippen LogP contribution < -0.4 is 9.80 Å². The van der Waals surface area contributed by atoms with E-state index >= 15 is 0 Å². The fourth-order valence-electron chi connectivity index (χ4n) is 5.35. The van der Waals surface area contributed by atoms with Crippen LogP contribution in [0.15, 0.2) is 157 Å². The van der Waals surface area contributed by atoms with Crippen molar-refractivity contribution in [1.29, 1.82) is 0 Å². The molecule has 1 aliphatic rings. The second-order valence-corrected chi connectivity index (χ2v) is 9.97. The summed E-state index contributed by atoms with van der Waals surface area (Å²) in [5.41, 5.74) is 7.50. The average Bonchev–Trinajstić information content (AvgIpc) is 3.03. The number of phenols is 1. The first-order valence-electron chi connectivity index (χ1n) is 13.8. The number of allylic oxidation sites excluding steroid dienone is 1. The molecule has 4 heteroatoms. The number of methoxy groups -OCH3 is 1. The van der Waals surface area contributed by atoms with Gasteiger partial charge in [0.25, 0.3) is 0 Å². The van der Waals surface area contributed by atoms with Crippen LogP contribution in [0.1, 0.15) is 6.42 Å². The van der Waals surface area contributed by atoms with Crippen molar-refractivity contribution in [3.05, 3.63) is 157 Å². The van der Waals surface area contributed by atoms with Crippen LogP contribution in [0.3, 0.4) is 0 Å². The molecule has 5 aromatic rings. The summed E-state index contributed by atoms with van der Waals surface area (Å²) in [7, 11) is 1.72. The summed E-state index contributed by atoms with van der Waals surface area (Å²) in [5, 5.41) is 10.1. The molecule has 0 aromatic heterocycles.